The van der Waals surface area contributed by atoms with E-state index in [0.717, 1.165) is 12.8 Å². The highest BCUT2D eigenvalue weighted by atomic mass is 35.6. The molecule has 20 heavy (non-hydrogen) atoms. The Hall–Kier alpha value is -0.440. The van der Waals surface area contributed by atoms with Gasteiger partial charge in [-0.05, 0) is 29.4 Å². The van der Waals surface area contributed by atoms with Crippen molar-refractivity contribution in [2.24, 2.45) is 0 Å². The monoisotopic (exact) mass is 335 g/mol. The van der Waals surface area contributed by atoms with Gasteiger partial charge in [0.2, 0.25) is 5.90 Å². The molecule has 1 N–H and O–H groups in total. The van der Waals surface area contributed by atoms with Crippen molar-refractivity contribution in [3.05, 3.63) is 35.4 Å². The molecular weight excluding hydrogens is 317 g/mol. The molecule has 0 aromatic heterocycles. The molecule has 0 saturated carbocycles. The molecule has 0 fully saturated rings. The molecule has 0 heterocycles. The van der Waals surface area contributed by atoms with Gasteiger partial charge in [-0.25, -0.2) is 0 Å². The highest BCUT2D eigenvalue weighted by molar-refractivity contribution is 6.76. The number of halogens is 3. The summed E-state index contributed by atoms with van der Waals surface area (Å²) in [6.07, 6.45) is 1.65. The fraction of sp³-hybridized carbons (Fsp3) is 0.533. The smallest absolute Gasteiger partial charge is 0.265 e. The number of aryl methyl sites for hydroxylation is 1. The van der Waals surface area contributed by atoms with E-state index in [2.05, 4.69) is 45.0 Å². The van der Waals surface area contributed by atoms with E-state index in [-0.39, 0.29) is 11.3 Å². The van der Waals surface area contributed by atoms with Crippen molar-refractivity contribution in [3.8, 4) is 0 Å². The zero-order valence-electron chi connectivity index (χ0n) is 12.0. The van der Waals surface area contributed by atoms with Gasteiger partial charge in [0.1, 0.15) is 0 Å². The Bertz CT molecular complexity index is 444. The summed E-state index contributed by atoms with van der Waals surface area (Å²) in [5.74, 6) is -0.328. The van der Waals surface area contributed by atoms with Gasteiger partial charge in [0.05, 0.1) is 6.61 Å². The largest absolute Gasteiger partial charge is 0.478 e. The van der Waals surface area contributed by atoms with Crippen molar-refractivity contribution in [2.45, 2.75) is 42.8 Å². The molecular formula is C15H20Cl3NO. The molecule has 0 bridgehead atoms. The van der Waals surface area contributed by atoms with E-state index in [1.165, 1.54) is 11.1 Å². The van der Waals surface area contributed by atoms with Crippen molar-refractivity contribution < 1.29 is 4.74 Å². The summed E-state index contributed by atoms with van der Waals surface area (Å²) in [5.41, 5.74) is 2.72. The first kappa shape index (κ1) is 17.6. The van der Waals surface area contributed by atoms with Gasteiger partial charge >= 0.3 is 0 Å². The predicted octanol–water partition coefficient (Wildman–Crippen LogP) is 5.28. The Labute approximate surface area is 135 Å². The second kappa shape index (κ2) is 7.02. The van der Waals surface area contributed by atoms with Gasteiger partial charge in [-0.2, -0.15) is 0 Å². The van der Waals surface area contributed by atoms with Crippen LogP contribution in [0.15, 0.2) is 24.3 Å². The first-order chi connectivity index (χ1) is 9.10. The minimum atomic E-state index is -1.77. The molecule has 0 atom stereocenters. The van der Waals surface area contributed by atoms with Crippen molar-refractivity contribution in [3.63, 3.8) is 0 Å². The number of hydrogen-bond acceptors (Lipinski definition) is 2. The Morgan fingerprint density at radius 3 is 2.10 bits per heavy atom. The van der Waals surface area contributed by atoms with Gasteiger partial charge in [-0.15, -0.1) is 0 Å². The molecule has 112 valence electrons. The van der Waals surface area contributed by atoms with Crippen LogP contribution in [0.3, 0.4) is 0 Å². The maximum absolute atomic E-state index is 7.40. The zero-order valence-corrected chi connectivity index (χ0v) is 14.2. The lowest BCUT2D eigenvalue weighted by molar-refractivity contribution is 0.290. The Balaban J connectivity index is 2.38. The van der Waals surface area contributed by atoms with E-state index in [1.54, 1.807) is 0 Å². The number of alkyl halides is 3. The minimum absolute atomic E-state index is 0.168. The van der Waals surface area contributed by atoms with Gasteiger partial charge in [0.25, 0.3) is 3.79 Å². The van der Waals surface area contributed by atoms with Crippen molar-refractivity contribution >= 4 is 40.7 Å². The summed E-state index contributed by atoms with van der Waals surface area (Å²) >= 11 is 16.6. The van der Waals surface area contributed by atoms with Crippen LogP contribution >= 0.6 is 34.8 Å². The van der Waals surface area contributed by atoms with E-state index in [9.17, 15) is 0 Å². The highest BCUT2D eigenvalue weighted by Crippen LogP contribution is 2.27. The number of nitrogens with one attached hydrogen (secondary N) is 1. The Kier molecular flexibility index (Phi) is 6.18. The summed E-state index contributed by atoms with van der Waals surface area (Å²) in [4.78, 5) is 0. The average molecular weight is 337 g/mol. The van der Waals surface area contributed by atoms with Crippen LogP contribution in [-0.2, 0) is 16.6 Å². The maximum Gasteiger partial charge on any atom is 0.265 e. The molecule has 0 spiro atoms. The molecule has 0 aliphatic rings. The summed E-state index contributed by atoms with van der Waals surface area (Å²) in [6.45, 7) is 6.95. The quantitative estimate of drug-likeness (QED) is 0.345. The van der Waals surface area contributed by atoms with Crippen LogP contribution in [0, 0.1) is 5.41 Å². The third-order valence-corrected chi connectivity index (χ3v) is 3.45. The van der Waals surface area contributed by atoms with Crippen molar-refractivity contribution in [2.75, 3.05) is 6.61 Å². The number of hydrogen-bond donors (Lipinski definition) is 1. The van der Waals surface area contributed by atoms with Crippen LogP contribution < -0.4 is 0 Å². The molecule has 1 rings (SSSR count). The Morgan fingerprint density at radius 2 is 1.65 bits per heavy atom. The molecule has 0 radical (unpaired) electrons. The van der Waals surface area contributed by atoms with Crippen molar-refractivity contribution in [1.29, 1.82) is 5.41 Å². The standard InChI is InChI=1S/C15H20Cl3NO/c1-14(2,3)12-8-6-11(7-9-12)5-4-10-20-13(19)15(16,17)18/h6-9,19H,4-5,10H2,1-3H3. The van der Waals surface area contributed by atoms with Crippen LogP contribution in [-0.4, -0.2) is 16.3 Å². The molecule has 0 amide bonds. The lowest BCUT2D eigenvalue weighted by atomic mass is 9.86. The molecule has 1 aromatic rings. The van der Waals surface area contributed by atoms with Gasteiger partial charge in [-0.1, -0.05) is 79.8 Å². The van der Waals surface area contributed by atoms with E-state index >= 15 is 0 Å². The van der Waals surface area contributed by atoms with E-state index in [4.69, 9.17) is 44.9 Å². The highest BCUT2D eigenvalue weighted by Gasteiger charge is 2.28. The fourth-order valence-electron chi connectivity index (χ4n) is 1.70. The minimum Gasteiger partial charge on any atom is -0.478 e. The lowest BCUT2D eigenvalue weighted by Crippen LogP contribution is -2.21. The van der Waals surface area contributed by atoms with Crippen LogP contribution in [0.2, 0.25) is 0 Å². The third-order valence-electron chi connectivity index (χ3n) is 2.93. The molecule has 0 unspecified atom stereocenters. The molecule has 0 saturated heterocycles. The van der Waals surface area contributed by atoms with Crippen LogP contribution in [0.4, 0.5) is 0 Å². The normalized spacial score (nSPS) is 12.3. The zero-order chi connectivity index (χ0) is 15.4. The number of rotatable bonds is 4. The molecule has 2 nitrogen and oxygen atoms in total. The van der Waals surface area contributed by atoms with Gasteiger partial charge in [-0.3, -0.25) is 5.41 Å². The SMILES string of the molecule is CC(C)(C)c1ccc(CCCOC(=N)C(Cl)(Cl)Cl)cc1. The van der Waals surface area contributed by atoms with Crippen molar-refractivity contribution in [1.82, 2.24) is 0 Å². The molecule has 1 aromatic carbocycles. The molecule has 5 heteroatoms. The topological polar surface area (TPSA) is 33.1 Å². The lowest BCUT2D eigenvalue weighted by Gasteiger charge is -2.19. The average Bonchev–Trinajstić information content (AvgIpc) is 2.32. The molecule has 0 aliphatic carbocycles. The second-order valence-electron chi connectivity index (χ2n) is 5.73. The third kappa shape index (κ3) is 5.90. The summed E-state index contributed by atoms with van der Waals surface area (Å²) in [5, 5.41) is 7.40. The summed E-state index contributed by atoms with van der Waals surface area (Å²) in [6, 6.07) is 8.56. The molecule has 0 aliphatic heterocycles. The van der Waals surface area contributed by atoms with E-state index in [0.29, 0.717) is 6.61 Å². The van der Waals surface area contributed by atoms with Gasteiger partial charge < -0.3 is 4.74 Å². The first-order valence-corrected chi connectivity index (χ1v) is 7.62. The first-order valence-electron chi connectivity index (χ1n) is 6.48. The van der Waals surface area contributed by atoms with Crippen LogP contribution in [0.1, 0.15) is 38.3 Å². The van der Waals surface area contributed by atoms with E-state index in [1.807, 2.05) is 0 Å². The summed E-state index contributed by atoms with van der Waals surface area (Å²) < 4.78 is 3.32. The fourth-order valence-corrected chi connectivity index (χ4v) is 1.87. The van der Waals surface area contributed by atoms with Gasteiger partial charge in [0, 0.05) is 0 Å². The van der Waals surface area contributed by atoms with E-state index < -0.39 is 3.79 Å². The predicted molar refractivity (Wildman–Crippen MR) is 87.4 cm³/mol. The second-order valence-corrected chi connectivity index (χ2v) is 8.01. The number of benzene rings is 1. The Morgan fingerprint density at radius 1 is 1.10 bits per heavy atom. The van der Waals surface area contributed by atoms with Crippen LogP contribution in [0.5, 0.6) is 0 Å². The summed E-state index contributed by atoms with van der Waals surface area (Å²) in [7, 11) is 0. The van der Waals surface area contributed by atoms with Crippen LogP contribution in [0.25, 0.3) is 0 Å². The van der Waals surface area contributed by atoms with Gasteiger partial charge in [0.15, 0.2) is 0 Å². The maximum atomic E-state index is 7.40. The number of ether oxygens (including phenoxy) is 1.